The Kier molecular flexibility index (Phi) is 6.59. The van der Waals surface area contributed by atoms with E-state index in [0.29, 0.717) is 5.16 Å². The Hall–Kier alpha value is -2.42. The van der Waals surface area contributed by atoms with Crippen LogP contribution in [-0.2, 0) is 9.59 Å². The topological polar surface area (TPSA) is 93.0 Å². The first-order valence-corrected chi connectivity index (χ1v) is 9.58. The van der Waals surface area contributed by atoms with E-state index in [9.17, 15) is 9.59 Å². The van der Waals surface area contributed by atoms with Crippen LogP contribution in [-0.4, -0.2) is 61.8 Å². The molecule has 0 aliphatic carbocycles. The number of rotatable bonds is 6. The van der Waals surface area contributed by atoms with Crippen molar-refractivity contribution in [1.82, 2.24) is 30.4 Å². The molecule has 2 rings (SSSR count). The van der Waals surface area contributed by atoms with Crippen LogP contribution in [0.3, 0.4) is 0 Å². The number of likely N-dealkylation sites (N-methyl/N-ethyl adjacent to an activating group) is 1. The summed E-state index contributed by atoms with van der Waals surface area (Å²) in [7, 11) is 1.61. The van der Waals surface area contributed by atoms with Gasteiger partial charge in [0.1, 0.15) is 0 Å². The summed E-state index contributed by atoms with van der Waals surface area (Å²) >= 11 is 1.24. The van der Waals surface area contributed by atoms with E-state index >= 15 is 0 Å². The number of carbonyl (C=O) groups excluding carboxylic acids is 2. The van der Waals surface area contributed by atoms with Gasteiger partial charge in [-0.2, -0.15) is 4.68 Å². The zero-order valence-corrected chi connectivity index (χ0v) is 17.4. The number of nitrogens with zero attached hydrogens (tertiary/aromatic N) is 5. The fraction of sp³-hybridized carbons (Fsp3) is 0.500. The molecular formula is C18H26N6O2S. The molecule has 9 heteroatoms. The smallest absolute Gasteiger partial charge is 0.240 e. The Morgan fingerprint density at radius 1 is 1.19 bits per heavy atom. The Morgan fingerprint density at radius 3 is 2.41 bits per heavy atom. The Labute approximate surface area is 163 Å². The minimum atomic E-state index is -0.330. The number of thioether (sulfide) groups is 1. The van der Waals surface area contributed by atoms with Crippen molar-refractivity contribution in [2.24, 2.45) is 0 Å². The maximum absolute atomic E-state index is 12.3. The first-order chi connectivity index (χ1) is 12.5. The van der Waals surface area contributed by atoms with Gasteiger partial charge in [0.05, 0.1) is 18.0 Å². The van der Waals surface area contributed by atoms with Gasteiger partial charge in [-0.25, -0.2) is 0 Å². The molecule has 0 bridgehead atoms. The van der Waals surface area contributed by atoms with E-state index in [2.05, 4.69) is 26.9 Å². The highest BCUT2D eigenvalue weighted by Crippen LogP contribution is 2.20. The van der Waals surface area contributed by atoms with Crippen molar-refractivity contribution in [3.63, 3.8) is 0 Å². The summed E-state index contributed by atoms with van der Waals surface area (Å²) in [5.74, 6) is -0.216. The molecule has 1 heterocycles. The number of hydrogen-bond donors (Lipinski definition) is 1. The highest BCUT2D eigenvalue weighted by atomic mass is 32.2. The number of amides is 2. The maximum atomic E-state index is 12.3. The second-order valence-corrected chi connectivity index (χ2v) is 8.50. The molecule has 8 nitrogen and oxygen atoms in total. The molecule has 0 aliphatic rings. The van der Waals surface area contributed by atoms with Crippen molar-refractivity contribution in [2.45, 2.75) is 45.3 Å². The molecule has 2 aromatic rings. The predicted octanol–water partition coefficient (Wildman–Crippen LogP) is 1.74. The molecule has 0 fully saturated rings. The highest BCUT2D eigenvalue weighted by molar-refractivity contribution is 7.99. The lowest BCUT2D eigenvalue weighted by molar-refractivity contribution is -0.133. The van der Waals surface area contributed by atoms with Crippen LogP contribution >= 0.6 is 11.8 Å². The minimum Gasteiger partial charge on any atom is -0.350 e. The van der Waals surface area contributed by atoms with Crippen molar-refractivity contribution in [3.8, 4) is 5.69 Å². The summed E-state index contributed by atoms with van der Waals surface area (Å²) < 4.78 is 1.62. The molecule has 1 aromatic heterocycles. The van der Waals surface area contributed by atoms with Gasteiger partial charge < -0.3 is 10.2 Å². The van der Waals surface area contributed by atoms with Crippen LogP contribution < -0.4 is 5.32 Å². The molecule has 1 N–H and O–H groups in total. The maximum Gasteiger partial charge on any atom is 0.240 e. The lowest BCUT2D eigenvalue weighted by Gasteiger charge is -2.23. The van der Waals surface area contributed by atoms with Crippen LogP contribution in [0.25, 0.3) is 5.69 Å². The molecule has 0 aliphatic heterocycles. The van der Waals surface area contributed by atoms with E-state index < -0.39 is 0 Å². The summed E-state index contributed by atoms with van der Waals surface area (Å²) in [6, 6.07) is 6.04. The van der Waals surface area contributed by atoms with Gasteiger partial charge in [-0.15, -0.1) is 5.10 Å². The fourth-order valence-corrected chi connectivity index (χ4v) is 3.33. The first kappa shape index (κ1) is 20.9. The van der Waals surface area contributed by atoms with Crippen LogP contribution in [0.15, 0.2) is 23.4 Å². The Morgan fingerprint density at radius 2 is 1.81 bits per heavy atom. The molecule has 1 aromatic carbocycles. The van der Waals surface area contributed by atoms with Gasteiger partial charge in [0.25, 0.3) is 0 Å². The average Bonchev–Trinajstić information content (AvgIpc) is 2.98. The Balaban J connectivity index is 1.98. The number of hydrogen-bond acceptors (Lipinski definition) is 6. The van der Waals surface area contributed by atoms with Gasteiger partial charge >= 0.3 is 0 Å². The number of tetrazole rings is 1. The number of benzene rings is 1. The van der Waals surface area contributed by atoms with E-state index in [1.165, 1.54) is 16.7 Å². The van der Waals surface area contributed by atoms with Gasteiger partial charge in [-0.3, -0.25) is 9.59 Å². The number of carbonyl (C=O) groups is 2. The van der Waals surface area contributed by atoms with Crippen molar-refractivity contribution >= 4 is 23.6 Å². The number of aryl methyl sites for hydroxylation is 2. The molecule has 0 unspecified atom stereocenters. The molecule has 0 atom stereocenters. The molecule has 146 valence electrons. The lowest BCUT2D eigenvalue weighted by atomic mass is 10.1. The summed E-state index contributed by atoms with van der Waals surface area (Å²) in [5, 5.41) is 15.1. The molecule has 27 heavy (non-hydrogen) atoms. The Bertz CT molecular complexity index is 807. The first-order valence-electron chi connectivity index (χ1n) is 8.60. The fourth-order valence-electron chi connectivity index (χ4n) is 2.50. The molecule has 0 radical (unpaired) electrons. The van der Waals surface area contributed by atoms with E-state index in [0.717, 1.165) is 16.8 Å². The average molecular weight is 391 g/mol. The van der Waals surface area contributed by atoms with Crippen LogP contribution in [0, 0.1) is 13.8 Å². The normalized spacial score (nSPS) is 11.3. The summed E-state index contributed by atoms with van der Waals surface area (Å²) in [4.78, 5) is 25.7. The second-order valence-electron chi connectivity index (χ2n) is 7.56. The molecule has 0 spiro atoms. The monoisotopic (exact) mass is 390 g/mol. The van der Waals surface area contributed by atoms with Crippen LogP contribution in [0.4, 0.5) is 0 Å². The molecule has 0 saturated heterocycles. The third kappa shape index (κ3) is 6.35. The van der Waals surface area contributed by atoms with Crippen molar-refractivity contribution < 1.29 is 9.59 Å². The van der Waals surface area contributed by atoms with Crippen LogP contribution in [0.5, 0.6) is 0 Å². The second kappa shape index (κ2) is 8.51. The van der Waals surface area contributed by atoms with Gasteiger partial charge in [0.15, 0.2) is 0 Å². The minimum absolute atomic E-state index is 0.0126. The molecule has 2 amide bonds. The zero-order valence-electron chi connectivity index (χ0n) is 16.6. The van der Waals surface area contributed by atoms with E-state index in [1.54, 1.807) is 11.7 Å². The number of aromatic nitrogens is 4. The summed E-state index contributed by atoms with van der Waals surface area (Å²) in [6.07, 6.45) is 0. The third-order valence-corrected chi connectivity index (χ3v) is 4.44. The summed E-state index contributed by atoms with van der Waals surface area (Å²) in [6.45, 7) is 9.72. The largest absolute Gasteiger partial charge is 0.350 e. The molecular weight excluding hydrogens is 364 g/mol. The predicted molar refractivity (Wildman–Crippen MR) is 105 cm³/mol. The van der Waals surface area contributed by atoms with Gasteiger partial charge in [-0.1, -0.05) is 17.8 Å². The standard InChI is InChI=1S/C18H26N6O2S/c1-12-7-13(2)9-14(8-12)24-17(20-21-22-24)27-11-16(26)23(6)10-15(25)19-18(3,4)5/h7-9H,10-11H2,1-6H3,(H,19,25). The number of nitrogens with one attached hydrogen (secondary N) is 1. The van der Waals surface area contributed by atoms with E-state index in [4.69, 9.17) is 0 Å². The summed E-state index contributed by atoms with van der Waals surface area (Å²) in [5.41, 5.74) is 2.74. The van der Waals surface area contributed by atoms with Gasteiger partial charge in [0, 0.05) is 12.6 Å². The highest BCUT2D eigenvalue weighted by Gasteiger charge is 2.19. The van der Waals surface area contributed by atoms with E-state index in [-0.39, 0.29) is 29.7 Å². The van der Waals surface area contributed by atoms with Crippen molar-refractivity contribution in [2.75, 3.05) is 19.3 Å². The van der Waals surface area contributed by atoms with Gasteiger partial charge in [0.2, 0.25) is 17.0 Å². The lowest BCUT2D eigenvalue weighted by Crippen LogP contribution is -2.46. The quantitative estimate of drug-likeness (QED) is 0.756. The van der Waals surface area contributed by atoms with Gasteiger partial charge in [-0.05, 0) is 68.3 Å². The van der Waals surface area contributed by atoms with Crippen LogP contribution in [0.2, 0.25) is 0 Å². The van der Waals surface area contributed by atoms with E-state index in [1.807, 2.05) is 46.8 Å². The zero-order chi connectivity index (χ0) is 20.2. The third-order valence-electron chi connectivity index (χ3n) is 3.54. The van der Waals surface area contributed by atoms with Crippen molar-refractivity contribution in [1.29, 1.82) is 0 Å². The SMILES string of the molecule is Cc1cc(C)cc(-n2nnnc2SCC(=O)N(C)CC(=O)NC(C)(C)C)c1. The molecule has 0 saturated carbocycles. The van der Waals surface area contributed by atoms with Crippen molar-refractivity contribution in [3.05, 3.63) is 29.3 Å². The van der Waals surface area contributed by atoms with Crippen LogP contribution in [0.1, 0.15) is 31.9 Å².